The van der Waals surface area contributed by atoms with Crippen LogP contribution in [0.4, 0.5) is 5.69 Å². The van der Waals surface area contributed by atoms with Crippen molar-refractivity contribution in [3.63, 3.8) is 0 Å². The van der Waals surface area contributed by atoms with Gasteiger partial charge in [0.2, 0.25) is 0 Å². The average molecular weight is 513 g/mol. The Bertz CT molecular complexity index is 1410. The van der Waals surface area contributed by atoms with Crippen LogP contribution in [0.3, 0.4) is 0 Å². The maximum atomic E-state index is 12.5. The lowest BCUT2D eigenvalue weighted by molar-refractivity contribution is 0.0923. The molecule has 0 aliphatic carbocycles. The Kier molecular flexibility index (Phi) is 8.33. The lowest BCUT2D eigenvalue weighted by Crippen LogP contribution is -2.17. The first-order valence-corrected chi connectivity index (χ1v) is 12.2. The minimum Gasteiger partial charge on any atom is -0.489 e. The van der Waals surface area contributed by atoms with Gasteiger partial charge in [0, 0.05) is 48.5 Å². The van der Waals surface area contributed by atoms with Gasteiger partial charge in [-0.25, -0.2) is 5.43 Å². The number of amides is 1. The molecule has 1 N–H and O–H groups in total. The van der Waals surface area contributed by atoms with E-state index in [9.17, 15) is 4.79 Å². The van der Waals surface area contributed by atoms with E-state index in [1.54, 1.807) is 18.2 Å². The van der Waals surface area contributed by atoms with Crippen LogP contribution in [0.1, 0.15) is 33.3 Å². The second-order valence-electron chi connectivity index (χ2n) is 8.92. The Balaban J connectivity index is 1.33. The molecule has 0 radical (unpaired) electrons. The van der Waals surface area contributed by atoms with E-state index in [0.29, 0.717) is 23.9 Å². The molecule has 0 spiro atoms. The lowest BCUT2D eigenvalue weighted by Gasteiger charge is -2.15. The largest absolute Gasteiger partial charge is 0.489 e. The smallest absolute Gasteiger partial charge is 0.307 e. The van der Waals surface area contributed by atoms with Crippen LogP contribution in [0.15, 0.2) is 88.9 Å². The van der Waals surface area contributed by atoms with E-state index in [0.717, 1.165) is 16.9 Å². The van der Waals surface area contributed by atoms with Crippen molar-refractivity contribution in [1.29, 1.82) is 0 Å². The fraction of sp³-hybridized carbons (Fsp3) is 0.200. The van der Waals surface area contributed by atoms with Gasteiger partial charge in [-0.2, -0.15) is 5.10 Å². The summed E-state index contributed by atoms with van der Waals surface area (Å²) in [5.41, 5.74) is 7.61. The molecule has 4 rings (SSSR count). The van der Waals surface area contributed by atoms with Gasteiger partial charge in [0.25, 0.3) is 0 Å². The molecule has 0 atom stereocenters. The third kappa shape index (κ3) is 6.34. The number of furan rings is 1. The zero-order chi connectivity index (χ0) is 27.1. The van der Waals surface area contributed by atoms with Crippen LogP contribution in [0.25, 0.3) is 5.69 Å². The van der Waals surface area contributed by atoms with Gasteiger partial charge in [-0.15, -0.1) is 0 Å². The van der Waals surface area contributed by atoms with Crippen molar-refractivity contribution in [2.24, 2.45) is 5.10 Å². The molecule has 196 valence electrons. The van der Waals surface area contributed by atoms with E-state index >= 15 is 0 Å². The molecule has 0 saturated carbocycles. The number of aryl methyl sites for hydroxylation is 2. The minimum absolute atomic E-state index is 0.140. The first-order valence-electron chi connectivity index (χ1n) is 12.2. The molecule has 1 amide bonds. The average Bonchev–Trinajstić information content (AvgIpc) is 3.53. The summed E-state index contributed by atoms with van der Waals surface area (Å²) in [6.45, 7) is 8.39. The predicted molar refractivity (Wildman–Crippen MR) is 150 cm³/mol. The topological polar surface area (TPSA) is 81.2 Å². The normalized spacial score (nSPS) is 10.9. The summed E-state index contributed by atoms with van der Waals surface area (Å²) in [4.78, 5) is 14.5. The summed E-state index contributed by atoms with van der Waals surface area (Å²) in [7, 11) is 3.90. The molecule has 0 unspecified atom stereocenters. The molecule has 0 fully saturated rings. The third-order valence-electron chi connectivity index (χ3n) is 5.87. The fourth-order valence-corrected chi connectivity index (χ4v) is 3.90. The van der Waals surface area contributed by atoms with E-state index < -0.39 is 5.91 Å². The van der Waals surface area contributed by atoms with Gasteiger partial charge in [-0.05, 0) is 74.5 Å². The molecule has 0 bridgehead atoms. The highest BCUT2D eigenvalue weighted by Crippen LogP contribution is 2.24. The number of anilines is 1. The summed E-state index contributed by atoms with van der Waals surface area (Å²) in [6.07, 6.45) is 3.20. The standard InChI is InChI=1S/C30H32N4O4/c1-6-17-36-29-18-25(33(4)5)10-9-23(29)19-31-32-30(35)28-16-15-27(38-28)20-37-26-13-11-24(12-14-26)34-21(2)7-8-22(34)3/h6-16,18-19H,1,17,20H2,2-5H3,(H,32,35)/b31-19+. The van der Waals surface area contributed by atoms with Gasteiger partial charge in [0.05, 0.1) is 6.21 Å². The number of hydrogen-bond acceptors (Lipinski definition) is 6. The quantitative estimate of drug-likeness (QED) is 0.159. The van der Waals surface area contributed by atoms with E-state index in [1.807, 2.05) is 61.5 Å². The second kappa shape index (κ2) is 12.0. The van der Waals surface area contributed by atoms with Gasteiger partial charge in [0.1, 0.15) is 30.5 Å². The molecule has 4 aromatic rings. The van der Waals surface area contributed by atoms with Crippen LogP contribution in [0, 0.1) is 13.8 Å². The zero-order valence-corrected chi connectivity index (χ0v) is 22.1. The molecule has 2 heterocycles. The molecule has 0 aliphatic heterocycles. The van der Waals surface area contributed by atoms with Crippen LogP contribution in [-0.2, 0) is 6.61 Å². The number of rotatable bonds is 11. The van der Waals surface area contributed by atoms with Crippen LogP contribution in [-0.4, -0.2) is 37.4 Å². The van der Waals surface area contributed by atoms with Crippen molar-refractivity contribution in [2.75, 3.05) is 25.6 Å². The molecule has 2 aromatic carbocycles. The third-order valence-corrected chi connectivity index (χ3v) is 5.87. The van der Waals surface area contributed by atoms with Crippen LogP contribution in [0.2, 0.25) is 0 Å². The first kappa shape index (κ1) is 26.3. The number of carbonyl (C=O) groups is 1. The SMILES string of the molecule is C=CCOc1cc(N(C)C)ccc1/C=N/NC(=O)c1ccc(COc2ccc(-n3c(C)ccc3C)cc2)o1. The number of hydrazone groups is 1. The van der Waals surface area contributed by atoms with Crippen molar-refractivity contribution in [1.82, 2.24) is 9.99 Å². The van der Waals surface area contributed by atoms with E-state index in [1.165, 1.54) is 17.6 Å². The Labute approximate surface area is 222 Å². The van der Waals surface area contributed by atoms with Gasteiger partial charge < -0.3 is 23.4 Å². The molecule has 0 saturated heterocycles. The Morgan fingerprint density at radius 2 is 1.76 bits per heavy atom. The molecule has 2 aromatic heterocycles. The van der Waals surface area contributed by atoms with Crippen molar-refractivity contribution in [3.8, 4) is 17.2 Å². The monoisotopic (exact) mass is 512 g/mol. The number of hydrogen-bond donors (Lipinski definition) is 1. The van der Waals surface area contributed by atoms with Crippen molar-refractivity contribution in [2.45, 2.75) is 20.5 Å². The maximum Gasteiger partial charge on any atom is 0.307 e. The Morgan fingerprint density at radius 1 is 1.03 bits per heavy atom. The maximum absolute atomic E-state index is 12.5. The van der Waals surface area contributed by atoms with Crippen molar-refractivity contribution in [3.05, 3.63) is 108 Å². The second-order valence-corrected chi connectivity index (χ2v) is 8.92. The number of carbonyl (C=O) groups excluding carboxylic acids is 1. The van der Waals surface area contributed by atoms with Crippen LogP contribution < -0.4 is 19.8 Å². The number of aromatic nitrogens is 1. The molecule has 8 nitrogen and oxygen atoms in total. The van der Waals surface area contributed by atoms with E-state index in [-0.39, 0.29) is 12.4 Å². The van der Waals surface area contributed by atoms with E-state index in [4.69, 9.17) is 13.9 Å². The summed E-state index contributed by atoms with van der Waals surface area (Å²) >= 11 is 0. The summed E-state index contributed by atoms with van der Waals surface area (Å²) in [6, 6.07) is 21.1. The fourth-order valence-electron chi connectivity index (χ4n) is 3.90. The first-order chi connectivity index (χ1) is 18.4. The number of nitrogens with one attached hydrogen (secondary N) is 1. The highest BCUT2D eigenvalue weighted by molar-refractivity contribution is 5.93. The van der Waals surface area contributed by atoms with Crippen LogP contribution >= 0.6 is 0 Å². The van der Waals surface area contributed by atoms with E-state index in [2.05, 4.69) is 47.7 Å². The van der Waals surface area contributed by atoms with Crippen LogP contribution in [0.5, 0.6) is 11.5 Å². The Hall–Kier alpha value is -4.72. The van der Waals surface area contributed by atoms with Crippen molar-refractivity contribution >= 4 is 17.8 Å². The molecular formula is C30H32N4O4. The molecule has 8 heteroatoms. The van der Waals surface area contributed by atoms with Gasteiger partial charge in [-0.1, -0.05) is 12.7 Å². The molecular weight excluding hydrogens is 480 g/mol. The number of ether oxygens (including phenoxy) is 2. The number of benzene rings is 2. The van der Waals surface area contributed by atoms with Gasteiger partial charge in [0.15, 0.2) is 5.76 Å². The number of nitrogens with zero attached hydrogens (tertiary/aromatic N) is 3. The summed E-state index contributed by atoms with van der Waals surface area (Å²) in [5.74, 6) is 1.55. The van der Waals surface area contributed by atoms with Crippen molar-refractivity contribution < 1.29 is 18.7 Å². The zero-order valence-electron chi connectivity index (χ0n) is 22.1. The van der Waals surface area contributed by atoms with Gasteiger partial charge in [-0.3, -0.25) is 4.79 Å². The molecule has 38 heavy (non-hydrogen) atoms. The highest BCUT2D eigenvalue weighted by atomic mass is 16.5. The molecule has 0 aliphatic rings. The lowest BCUT2D eigenvalue weighted by atomic mass is 10.2. The minimum atomic E-state index is -0.465. The summed E-state index contributed by atoms with van der Waals surface area (Å²) in [5, 5.41) is 4.07. The Morgan fingerprint density at radius 3 is 2.45 bits per heavy atom. The van der Waals surface area contributed by atoms with Gasteiger partial charge >= 0.3 is 5.91 Å². The summed E-state index contributed by atoms with van der Waals surface area (Å²) < 4.78 is 19.4. The predicted octanol–water partition coefficient (Wildman–Crippen LogP) is 5.66. The highest BCUT2D eigenvalue weighted by Gasteiger charge is 2.12.